The maximum absolute atomic E-state index is 6.16. The molecule has 0 fully saturated rings. The molecule has 4 rings (SSSR count). The van der Waals surface area contributed by atoms with E-state index in [4.69, 9.17) is 23.8 Å². The molecular weight excluding hydrogens is 362 g/mol. The molecule has 128 valence electrons. The van der Waals surface area contributed by atoms with Crippen LogP contribution >= 0.6 is 23.8 Å². The Morgan fingerprint density at radius 3 is 2.04 bits per heavy atom. The van der Waals surface area contributed by atoms with Gasteiger partial charge in [-0.2, -0.15) is 5.10 Å². The molecule has 3 aromatic rings. The number of hydrogen-bond acceptors (Lipinski definition) is 2. The standard InChI is InChI=1S/C21H16ClN3S/c1-13-18(22)11-6-12-19(13)23-21(26)25-24-20-16-9-4-2-7-14(16)15-8-3-5-10-17(15)20/h2-12H,1H3,(H2,23,25,26). The first kappa shape index (κ1) is 16.8. The van der Waals surface area contributed by atoms with Gasteiger partial charge in [-0.15, -0.1) is 0 Å². The predicted octanol–water partition coefficient (Wildman–Crippen LogP) is 5.37. The summed E-state index contributed by atoms with van der Waals surface area (Å²) in [4.78, 5) is 0. The second-order valence-electron chi connectivity index (χ2n) is 6.03. The zero-order valence-electron chi connectivity index (χ0n) is 14.1. The van der Waals surface area contributed by atoms with Crippen LogP contribution in [0.4, 0.5) is 5.69 Å². The van der Waals surface area contributed by atoms with Crippen LogP contribution in [0.5, 0.6) is 0 Å². The van der Waals surface area contributed by atoms with E-state index in [1.807, 2.05) is 49.4 Å². The summed E-state index contributed by atoms with van der Waals surface area (Å²) in [6, 6.07) is 22.2. The van der Waals surface area contributed by atoms with Crippen LogP contribution in [0, 0.1) is 6.92 Å². The summed E-state index contributed by atoms with van der Waals surface area (Å²) in [5.41, 5.74) is 10.2. The number of fused-ring (bicyclic) bond motifs is 3. The molecule has 0 atom stereocenters. The number of hydrazone groups is 1. The van der Waals surface area contributed by atoms with E-state index in [2.05, 4.69) is 40.1 Å². The molecule has 0 saturated carbocycles. The molecule has 0 amide bonds. The highest BCUT2D eigenvalue weighted by molar-refractivity contribution is 7.80. The van der Waals surface area contributed by atoms with Gasteiger partial charge in [-0.25, -0.2) is 0 Å². The molecule has 26 heavy (non-hydrogen) atoms. The molecule has 0 spiro atoms. The van der Waals surface area contributed by atoms with Gasteiger partial charge in [0.25, 0.3) is 0 Å². The van der Waals surface area contributed by atoms with E-state index in [-0.39, 0.29) is 0 Å². The van der Waals surface area contributed by atoms with E-state index < -0.39 is 0 Å². The maximum Gasteiger partial charge on any atom is 0.191 e. The average Bonchev–Trinajstić information content (AvgIpc) is 2.98. The highest BCUT2D eigenvalue weighted by Gasteiger charge is 2.24. The third kappa shape index (κ3) is 2.98. The molecule has 1 aliphatic carbocycles. The van der Waals surface area contributed by atoms with E-state index in [0.717, 1.165) is 28.1 Å². The lowest BCUT2D eigenvalue weighted by Gasteiger charge is -2.11. The number of benzene rings is 3. The molecule has 1 aliphatic rings. The van der Waals surface area contributed by atoms with Gasteiger partial charge in [0.15, 0.2) is 5.11 Å². The summed E-state index contributed by atoms with van der Waals surface area (Å²) in [5, 5.41) is 8.85. The largest absolute Gasteiger partial charge is 0.331 e. The zero-order valence-corrected chi connectivity index (χ0v) is 15.7. The van der Waals surface area contributed by atoms with Crippen molar-refractivity contribution >= 4 is 40.3 Å². The molecule has 3 nitrogen and oxygen atoms in total. The number of nitrogens with zero attached hydrogens (tertiary/aromatic N) is 1. The molecule has 3 aromatic carbocycles. The monoisotopic (exact) mass is 377 g/mol. The number of nitrogens with one attached hydrogen (secondary N) is 2. The van der Waals surface area contributed by atoms with Gasteiger partial charge in [-0.3, -0.25) is 5.43 Å². The highest BCUT2D eigenvalue weighted by atomic mass is 35.5. The minimum Gasteiger partial charge on any atom is -0.331 e. The third-order valence-electron chi connectivity index (χ3n) is 4.44. The second kappa shape index (κ2) is 6.90. The fraction of sp³-hybridized carbons (Fsp3) is 0.0476. The van der Waals surface area contributed by atoms with Crippen molar-refractivity contribution in [2.45, 2.75) is 6.92 Å². The van der Waals surface area contributed by atoms with Gasteiger partial charge in [-0.05, 0) is 48.0 Å². The Morgan fingerprint density at radius 2 is 1.42 bits per heavy atom. The van der Waals surface area contributed by atoms with Crippen LogP contribution in [0.25, 0.3) is 11.1 Å². The van der Waals surface area contributed by atoms with Gasteiger partial charge in [0, 0.05) is 21.8 Å². The topological polar surface area (TPSA) is 36.4 Å². The molecule has 5 heteroatoms. The number of rotatable bonds is 2. The summed E-state index contributed by atoms with van der Waals surface area (Å²) in [6.07, 6.45) is 0. The van der Waals surface area contributed by atoms with Gasteiger partial charge in [0.2, 0.25) is 0 Å². The van der Waals surface area contributed by atoms with Gasteiger partial charge >= 0.3 is 0 Å². The van der Waals surface area contributed by atoms with Gasteiger partial charge in [0.1, 0.15) is 0 Å². The normalized spacial score (nSPS) is 11.5. The summed E-state index contributed by atoms with van der Waals surface area (Å²) < 4.78 is 0. The van der Waals surface area contributed by atoms with Crippen LogP contribution in [-0.4, -0.2) is 10.8 Å². The predicted molar refractivity (Wildman–Crippen MR) is 113 cm³/mol. The molecule has 0 unspecified atom stereocenters. The van der Waals surface area contributed by atoms with Crippen LogP contribution in [0.15, 0.2) is 71.8 Å². The summed E-state index contributed by atoms with van der Waals surface area (Å²) in [7, 11) is 0. The van der Waals surface area contributed by atoms with Crippen molar-refractivity contribution < 1.29 is 0 Å². The van der Waals surface area contributed by atoms with Crippen LogP contribution in [0.3, 0.4) is 0 Å². The molecule has 0 heterocycles. The molecule has 0 aromatic heterocycles. The van der Waals surface area contributed by atoms with E-state index in [9.17, 15) is 0 Å². The molecule has 0 radical (unpaired) electrons. The van der Waals surface area contributed by atoms with Crippen LogP contribution in [0.1, 0.15) is 16.7 Å². The summed E-state index contributed by atoms with van der Waals surface area (Å²) >= 11 is 11.6. The minimum absolute atomic E-state index is 0.421. The Morgan fingerprint density at radius 1 is 0.846 bits per heavy atom. The smallest absolute Gasteiger partial charge is 0.191 e. The van der Waals surface area contributed by atoms with Crippen LogP contribution in [-0.2, 0) is 0 Å². The number of thiocarbonyl (C=S) groups is 1. The second-order valence-corrected chi connectivity index (χ2v) is 6.85. The van der Waals surface area contributed by atoms with Crippen molar-refractivity contribution in [1.29, 1.82) is 0 Å². The molecule has 0 bridgehead atoms. The third-order valence-corrected chi connectivity index (χ3v) is 5.04. The van der Waals surface area contributed by atoms with E-state index in [0.29, 0.717) is 10.1 Å². The highest BCUT2D eigenvalue weighted by Crippen LogP contribution is 2.36. The van der Waals surface area contributed by atoms with E-state index in [1.165, 1.54) is 11.1 Å². The van der Waals surface area contributed by atoms with E-state index >= 15 is 0 Å². The fourth-order valence-electron chi connectivity index (χ4n) is 3.11. The quantitative estimate of drug-likeness (QED) is 0.364. The number of anilines is 1. The van der Waals surface area contributed by atoms with E-state index in [1.54, 1.807) is 0 Å². The first-order chi connectivity index (χ1) is 12.6. The Hall–Kier alpha value is -2.69. The van der Waals surface area contributed by atoms with Crippen molar-refractivity contribution in [3.8, 4) is 11.1 Å². The molecular formula is C21H16ClN3S. The van der Waals surface area contributed by atoms with Crippen molar-refractivity contribution in [3.05, 3.63) is 88.4 Å². The minimum atomic E-state index is 0.421. The van der Waals surface area contributed by atoms with Crippen LogP contribution in [0.2, 0.25) is 5.02 Å². The lowest BCUT2D eigenvalue weighted by Crippen LogP contribution is -2.25. The number of hydrogen-bond donors (Lipinski definition) is 2. The molecule has 0 aliphatic heterocycles. The van der Waals surface area contributed by atoms with Crippen LogP contribution < -0.4 is 10.7 Å². The lowest BCUT2D eigenvalue weighted by atomic mass is 10.1. The Bertz CT molecular complexity index is 995. The van der Waals surface area contributed by atoms with Gasteiger partial charge in [0.05, 0.1) is 5.71 Å². The van der Waals surface area contributed by atoms with Crippen molar-refractivity contribution in [3.63, 3.8) is 0 Å². The average molecular weight is 378 g/mol. The van der Waals surface area contributed by atoms with Crippen molar-refractivity contribution in [1.82, 2.24) is 5.43 Å². The SMILES string of the molecule is Cc1c(Cl)cccc1NC(=S)NN=C1c2ccccc2-c2ccccc21. The molecule has 0 saturated heterocycles. The maximum atomic E-state index is 6.16. The Labute approximate surface area is 162 Å². The fourth-order valence-corrected chi connectivity index (χ4v) is 3.44. The van der Waals surface area contributed by atoms with Gasteiger partial charge in [-0.1, -0.05) is 66.2 Å². The molecule has 2 N–H and O–H groups in total. The van der Waals surface area contributed by atoms with Gasteiger partial charge < -0.3 is 5.32 Å². The first-order valence-electron chi connectivity index (χ1n) is 8.24. The Kier molecular flexibility index (Phi) is 4.45. The lowest BCUT2D eigenvalue weighted by molar-refractivity contribution is 1.04. The Balaban J connectivity index is 1.61. The zero-order chi connectivity index (χ0) is 18.1. The first-order valence-corrected chi connectivity index (χ1v) is 9.03. The van der Waals surface area contributed by atoms with Crippen molar-refractivity contribution in [2.75, 3.05) is 5.32 Å². The summed E-state index contributed by atoms with van der Waals surface area (Å²) in [6.45, 7) is 1.95. The van der Waals surface area contributed by atoms with Crippen molar-refractivity contribution in [2.24, 2.45) is 5.10 Å². The summed E-state index contributed by atoms with van der Waals surface area (Å²) in [5.74, 6) is 0. The number of halogens is 1.